The summed E-state index contributed by atoms with van der Waals surface area (Å²) < 4.78 is 0. The fraction of sp³-hybridized carbons (Fsp3) is 0. The molecular formula is C10H8N4. The maximum Gasteiger partial charge on any atom is 0.199 e. The molecular weight excluding hydrogens is 176 g/mol. The standard InChI is InChI=1S/C10H8N4/c11-10-13-8-7-4-2-1-3-6(7)5-12-9(8)14-10/h1-5H,(H3,11,12,13,14). The highest BCUT2D eigenvalue weighted by Gasteiger charge is 2.04. The molecule has 2 aromatic heterocycles. The molecule has 3 aromatic rings. The first-order chi connectivity index (χ1) is 6.84. The number of nitrogens with zero attached hydrogens (tertiary/aromatic N) is 2. The van der Waals surface area contributed by atoms with E-state index < -0.39 is 0 Å². The molecule has 0 aliphatic rings. The Morgan fingerprint density at radius 3 is 3.00 bits per heavy atom. The molecule has 0 bridgehead atoms. The molecule has 3 rings (SSSR count). The Morgan fingerprint density at radius 1 is 1.21 bits per heavy atom. The van der Waals surface area contributed by atoms with Gasteiger partial charge in [-0.3, -0.25) is 0 Å². The molecule has 0 radical (unpaired) electrons. The van der Waals surface area contributed by atoms with E-state index in [2.05, 4.69) is 15.0 Å². The molecule has 1 aromatic carbocycles. The van der Waals surface area contributed by atoms with Crippen LogP contribution < -0.4 is 5.73 Å². The van der Waals surface area contributed by atoms with Crippen molar-refractivity contribution in [2.24, 2.45) is 0 Å². The highest BCUT2D eigenvalue weighted by molar-refractivity contribution is 6.02. The summed E-state index contributed by atoms with van der Waals surface area (Å²) in [5.74, 6) is 0.406. The first-order valence-corrected chi connectivity index (χ1v) is 4.33. The van der Waals surface area contributed by atoms with Crippen LogP contribution in [-0.4, -0.2) is 15.0 Å². The molecule has 4 nitrogen and oxygen atoms in total. The van der Waals surface area contributed by atoms with Gasteiger partial charge in [0, 0.05) is 17.0 Å². The minimum absolute atomic E-state index is 0.406. The largest absolute Gasteiger partial charge is 0.369 e. The average molecular weight is 184 g/mol. The van der Waals surface area contributed by atoms with Crippen molar-refractivity contribution >= 4 is 27.9 Å². The van der Waals surface area contributed by atoms with Gasteiger partial charge in [-0.2, -0.15) is 0 Å². The van der Waals surface area contributed by atoms with E-state index in [9.17, 15) is 0 Å². The number of aromatic amines is 1. The average Bonchev–Trinajstić information content (AvgIpc) is 2.59. The Kier molecular flexibility index (Phi) is 1.28. The number of nitrogens with two attached hydrogens (primary N) is 1. The molecule has 2 heterocycles. The second-order valence-electron chi connectivity index (χ2n) is 3.16. The van der Waals surface area contributed by atoms with Gasteiger partial charge in [0.1, 0.15) is 5.52 Å². The number of nitrogens with one attached hydrogen (secondary N) is 1. The van der Waals surface area contributed by atoms with Gasteiger partial charge in [0.15, 0.2) is 11.6 Å². The van der Waals surface area contributed by atoms with Crippen molar-refractivity contribution in [3.05, 3.63) is 30.5 Å². The van der Waals surface area contributed by atoms with Crippen LogP contribution in [0.4, 0.5) is 5.95 Å². The molecule has 0 aliphatic carbocycles. The predicted octanol–water partition coefficient (Wildman–Crippen LogP) is 1.69. The first kappa shape index (κ1) is 7.32. The fourth-order valence-corrected chi connectivity index (χ4v) is 1.62. The van der Waals surface area contributed by atoms with E-state index in [0.29, 0.717) is 5.95 Å². The van der Waals surface area contributed by atoms with Gasteiger partial charge in [-0.1, -0.05) is 24.3 Å². The topological polar surface area (TPSA) is 67.6 Å². The quantitative estimate of drug-likeness (QED) is 0.558. The third-order valence-electron chi connectivity index (χ3n) is 2.25. The zero-order valence-corrected chi connectivity index (χ0v) is 7.36. The second-order valence-corrected chi connectivity index (χ2v) is 3.16. The summed E-state index contributed by atoms with van der Waals surface area (Å²) in [5, 5.41) is 2.15. The van der Waals surface area contributed by atoms with Crippen molar-refractivity contribution < 1.29 is 0 Å². The van der Waals surface area contributed by atoms with Gasteiger partial charge in [-0.05, 0) is 0 Å². The molecule has 0 spiro atoms. The molecule has 3 N–H and O–H groups in total. The lowest BCUT2D eigenvalue weighted by Gasteiger charge is -1.95. The van der Waals surface area contributed by atoms with Crippen LogP contribution in [0.2, 0.25) is 0 Å². The Hall–Kier alpha value is -2.10. The van der Waals surface area contributed by atoms with E-state index in [1.54, 1.807) is 0 Å². The normalized spacial score (nSPS) is 11.1. The van der Waals surface area contributed by atoms with E-state index in [-0.39, 0.29) is 0 Å². The Bertz CT molecular complexity index is 612. The summed E-state index contributed by atoms with van der Waals surface area (Å²) in [7, 11) is 0. The number of H-pyrrole nitrogens is 1. The van der Waals surface area contributed by atoms with Crippen LogP contribution in [0.1, 0.15) is 0 Å². The van der Waals surface area contributed by atoms with Crippen molar-refractivity contribution in [1.29, 1.82) is 0 Å². The van der Waals surface area contributed by atoms with Crippen LogP contribution in [0.3, 0.4) is 0 Å². The molecule has 0 unspecified atom stereocenters. The maximum absolute atomic E-state index is 5.57. The SMILES string of the molecule is Nc1nc2c(ncc3ccccc32)[nH]1. The smallest absolute Gasteiger partial charge is 0.199 e. The van der Waals surface area contributed by atoms with Crippen molar-refractivity contribution in [1.82, 2.24) is 15.0 Å². The summed E-state index contributed by atoms with van der Waals surface area (Å²) in [4.78, 5) is 11.3. The number of aromatic nitrogens is 3. The van der Waals surface area contributed by atoms with Gasteiger partial charge >= 0.3 is 0 Å². The Balaban J connectivity index is 2.60. The zero-order valence-electron chi connectivity index (χ0n) is 7.36. The Morgan fingerprint density at radius 2 is 2.07 bits per heavy atom. The molecule has 14 heavy (non-hydrogen) atoms. The van der Waals surface area contributed by atoms with Gasteiger partial charge in [0.25, 0.3) is 0 Å². The summed E-state index contributed by atoms with van der Waals surface area (Å²) in [6.45, 7) is 0. The van der Waals surface area contributed by atoms with Gasteiger partial charge in [0.05, 0.1) is 0 Å². The van der Waals surface area contributed by atoms with Crippen LogP contribution in [0.25, 0.3) is 21.9 Å². The highest BCUT2D eigenvalue weighted by atomic mass is 15.1. The minimum Gasteiger partial charge on any atom is -0.369 e. The third-order valence-corrected chi connectivity index (χ3v) is 2.25. The second kappa shape index (κ2) is 2.45. The monoisotopic (exact) mass is 184 g/mol. The first-order valence-electron chi connectivity index (χ1n) is 4.33. The zero-order chi connectivity index (χ0) is 9.54. The van der Waals surface area contributed by atoms with Crippen LogP contribution in [0, 0.1) is 0 Å². The predicted molar refractivity (Wildman–Crippen MR) is 55.8 cm³/mol. The fourth-order valence-electron chi connectivity index (χ4n) is 1.62. The third kappa shape index (κ3) is 0.877. The number of anilines is 1. The van der Waals surface area contributed by atoms with Gasteiger partial charge in [-0.25, -0.2) is 9.97 Å². The van der Waals surface area contributed by atoms with Crippen LogP contribution >= 0.6 is 0 Å². The van der Waals surface area contributed by atoms with E-state index in [0.717, 1.165) is 21.9 Å². The molecule has 4 heteroatoms. The molecule has 0 atom stereocenters. The van der Waals surface area contributed by atoms with Gasteiger partial charge in [-0.15, -0.1) is 0 Å². The number of pyridine rings is 1. The lowest BCUT2D eigenvalue weighted by molar-refractivity contribution is 1.32. The number of rotatable bonds is 0. The maximum atomic E-state index is 5.57. The number of nitrogen functional groups attached to an aromatic ring is 1. The summed E-state index contributed by atoms with van der Waals surface area (Å²) >= 11 is 0. The Labute approximate surface area is 79.8 Å². The summed E-state index contributed by atoms with van der Waals surface area (Å²) in [6.07, 6.45) is 1.81. The van der Waals surface area contributed by atoms with Gasteiger partial charge < -0.3 is 10.7 Å². The minimum atomic E-state index is 0.406. The van der Waals surface area contributed by atoms with Crippen LogP contribution in [0.5, 0.6) is 0 Å². The van der Waals surface area contributed by atoms with Crippen molar-refractivity contribution in [2.75, 3.05) is 5.73 Å². The summed E-state index contributed by atoms with van der Waals surface area (Å²) in [6, 6.07) is 7.98. The van der Waals surface area contributed by atoms with E-state index in [1.807, 2.05) is 30.5 Å². The number of hydrogen-bond acceptors (Lipinski definition) is 3. The van der Waals surface area contributed by atoms with Gasteiger partial charge in [0.2, 0.25) is 0 Å². The lowest BCUT2D eigenvalue weighted by Crippen LogP contribution is -1.84. The van der Waals surface area contributed by atoms with Crippen LogP contribution in [-0.2, 0) is 0 Å². The van der Waals surface area contributed by atoms with E-state index in [4.69, 9.17) is 5.73 Å². The number of imidazole rings is 1. The molecule has 0 amide bonds. The van der Waals surface area contributed by atoms with E-state index in [1.165, 1.54) is 0 Å². The lowest BCUT2D eigenvalue weighted by atomic mass is 10.2. The number of hydrogen-bond donors (Lipinski definition) is 2. The summed E-state index contributed by atoms with van der Waals surface area (Å²) in [5.41, 5.74) is 7.15. The van der Waals surface area contributed by atoms with E-state index >= 15 is 0 Å². The molecule has 0 aliphatic heterocycles. The van der Waals surface area contributed by atoms with Crippen LogP contribution in [0.15, 0.2) is 30.5 Å². The molecule has 0 saturated carbocycles. The molecule has 68 valence electrons. The number of fused-ring (bicyclic) bond motifs is 3. The van der Waals surface area contributed by atoms with Crippen molar-refractivity contribution in [3.63, 3.8) is 0 Å². The highest BCUT2D eigenvalue weighted by Crippen LogP contribution is 2.21. The van der Waals surface area contributed by atoms with Crippen molar-refractivity contribution in [2.45, 2.75) is 0 Å². The molecule has 0 saturated heterocycles. The van der Waals surface area contributed by atoms with Crippen molar-refractivity contribution in [3.8, 4) is 0 Å². The number of benzene rings is 1. The molecule has 0 fully saturated rings.